The second kappa shape index (κ2) is 6.28. The van der Waals surface area contributed by atoms with Crippen molar-refractivity contribution in [2.75, 3.05) is 20.7 Å². The molecule has 0 aromatic heterocycles. The Kier molecular flexibility index (Phi) is 4.99. The highest BCUT2D eigenvalue weighted by molar-refractivity contribution is 5.72. The molecule has 0 heterocycles. The van der Waals surface area contributed by atoms with Gasteiger partial charge >= 0.3 is 5.97 Å². The summed E-state index contributed by atoms with van der Waals surface area (Å²) < 4.78 is 4.70. The van der Waals surface area contributed by atoms with Crippen molar-refractivity contribution in [3.05, 3.63) is 35.9 Å². The first-order chi connectivity index (χ1) is 7.63. The molecular weight excluding hydrogens is 202 g/mol. The van der Waals surface area contributed by atoms with Gasteiger partial charge in [0, 0.05) is 13.1 Å². The van der Waals surface area contributed by atoms with E-state index < -0.39 is 0 Å². The van der Waals surface area contributed by atoms with Crippen LogP contribution in [0.25, 0.3) is 0 Å². The molecule has 0 aliphatic rings. The number of carbonyl (C=O) groups excluding carboxylic acids is 1. The smallest absolute Gasteiger partial charge is 0.309 e. The molecule has 0 saturated heterocycles. The topological polar surface area (TPSA) is 29.5 Å². The van der Waals surface area contributed by atoms with E-state index in [9.17, 15) is 4.79 Å². The highest BCUT2D eigenvalue weighted by atomic mass is 16.5. The minimum atomic E-state index is -0.153. The molecule has 3 nitrogen and oxygen atoms in total. The molecule has 0 aliphatic heterocycles. The van der Waals surface area contributed by atoms with Crippen LogP contribution in [0.2, 0.25) is 0 Å². The molecule has 1 rings (SSSR count). The van der Waals surface area contributed by atoms with Crippen molar-refractivity contribution in [2.24, 2.45) is 5.92 Å². The van der Waals surface area contributed by atoms with E-state index in [1.807, 2.05) is 32.2 Å². The average Bonchev–Trinajstić information content (AvgIpc) is 2.29. The summed E-state index contributed by atoms with van der Waals surface area (Å²) in [5.74, 6) is -0.237. The lowest BCUT2D eigenvalue weighted by Crippen LogP contribution is -2.29. The van der Waals surface area contributed by atoms with Gasteiger partial charge in [0.1, 0.15) is 0 Å². The number of hydrogen-bond acceptors (Lipinski definition) is 3. The minimum absolute atomic E-state index is 0.0845. The lowest BCUT2D eigenvalue weighted by atomic mass is 10.1. The summed E-state index contributed by atoms with van der Waals surface area (Å²) >= 11 is 0. The highest BCUT2D eigenvalue weighted by Crippen LogP contribution is 2.06. The van der Waals surface area contributed by atoms with Crippen LogP contribution in [0.15, 0.2) is 30.3 Å². The van der Waals surface area contributed by atoms with Crippen LogP contribution in [-0.4, -0.2) is 31.6 Å². The SMILES string of the molecule is COC(=O)[C@@H](C)CN(C)Cc1ccccc1. The van der Waals surface area contributed by atoms with Gasteiger partial charge in [-0.2, -0.15) is 0 Å². The van der Waals surface area contributed by atoms with Gasteiger partial charge in [0.15, 0.2) is 0 Å². The maximum absolute atomic E-state index is 11.3. The van der Waals surface area contributed by atoms with Crippen molar-refractivity contribution < 1.29 is 9.53 Å². The quantitative estimate of drug-likeness (QED) is 0.711. The van der Waals surface area contributed by atoms with E-state index in [2.05, 4.69) is 17.0 Å². The van der Waals surface area contributed by atoms with Gasteiger partial charge in [0.25, 0.3) is 0 Å². The molecule has 3 heteroatoms. The number of benzene rings is 1. The Morgan fingerprint density at radius 2 is 2.00 bits per heavy atom. The van der Waals surface area contributed by atoms with E-state index in [0.29, 0.717) is 6.54 Å². The van der Waals surface area contributed by atoms with Crippen LogP contribution in [0.3, 0.4) is 0 Å². The molecule has 0 radical (unpaired) electrons. The fourth-order valence-electron chi connectivity index (χ4n) is 1.70. The molecule has 1 atom stereocenters. The molecule has 16 heavy (non-hydrogen) atoms. The molecule has 1 aromatic carbocycles. The van der Waals surface area contributed by atoms with Gasteiger partial charge in [0.2, 0.25) is 0 Å². The molecule has 0 spiro atoms. The first kappa shape index (κ1) is 12.7. The third-order valence-corrected chi connectivity index (χ3v) is 2.48. The van der Waals surface area contributed by atoms with Gasteiger partial charge in [-0.15, -0.1) is 0 Å². The number of rotatable bonds is 5. The van der Waals surface area contributed by atoms with Gasteiger partial charge in [-0.25, -0.2) is 0 Å². The summed E-state index contributed by atoms with van der Waals surface area (Å²) in [5.41, 5.74) is 1.25. The third-order valence-electron chi connectivity index (χ3n) is 2.48. The molecule has 0 unspecified atom stereocenters. The van der Waals surface area contributed by atoms with Crippen LogP contribution in [0, 0.1) is 5.92 Å². The first-order valence-electron chi connectivity index (χ1n) is 5.43. The zero-order valence-electron chi connectivity index (χ0n) is 10.1. The fraction of sp³-hybridized carbons (Fsp3) is 0.462. The Labute approximate surface area is 97.0 Å². The molecule has 88 valence electrons. The number of nitrogens with zero attached hydrogens (tertiary/aromatic N) is 1. The number of esters is 1. The second-order valence-electron chi connectivity index (χ2n) is 4.11. The van der Waals surface area contributed by atoms with E-state index in [1.54, 1.807) is 0 Å². The Hall–Kier alpha value is -1.35. The van der Waals surface area contributed by atoms with Gasteiger partial charge in [0.05, 0.1) is 13.0 Å². The summed E-state index contributed by atoms with van der Waals surface area (Å²) in [4.78, 5) is 13.4. The Bertz CT molecular complexity index is 324. The molecule has 0 amide bonds. The van der Waals surface area contributed by atoms with Crippen LogP contribution in [0.1, 0.15) is 12.5 Å². The summed E-state index contributed by atoms with van der Waals surface area (Å²) in [6, 6.07) is 10.2. The summed E-state index contributed by atoms with van der Waals surface area (Å²) in [5, 5.41) is 0. The molecule has 1 aromatic rings. The lowest BCUT2D eigenvalue weighted by Gasteiger charge is -2.19. The average molecular weight is 221 g/mol. The van der Waals surface area contributed by atoms with Gasteiger partial charge in [-0.3, -0.25) is 4.79 Å². The van der Waals surface area contributed by atoms with Crippen molar-refractivity contribution in [3.63, 3.8) is 0 Å². The van der Waals surface area contributed by atoms with E-state index in [1.165, 1.54) is 12.7 Å². The monoisotopic (exact) mass is 221 g/mol. The molecule has 0 aliphatic carbocycles. The molecule has 0 bridgehead atoms. The molecular formula is C13H19NO2. The highest BCUT2D eigenvalue weighted by Gasteiger charge is 2.15. The first-order valence-corrected chi connectivity index (χ1v) is 5.43. The van der Waals surface area contributed by atoms with Crippen molar-refractivity contribution >= 4 is 5.97 Å². The fourth-order valence-corrected chi connectivity index (χ4v) is 1.70. The zero-order valence-corrected chi connectivity index (χ0v) is 10.1. The van der Waals surface area contributed by atoms with Crippen molar-refractivity contribution in [1.82, 2.24) is 4.90 Å². The van der Waals surface area contributed by atoms with Gasteiger partial charge in [-0.05, 0) is 12.6 Å². The van der Waals surface area contributed by atoms with Crippen molar-refractivity contribution in [1.29, 1.82) is 0 Å². The molecule has 0 N–H and O–H groups in total. The zero-order chi connectivity index (χ0) is 12.0. The van der Waals surface area contributed by atoms with E-state index >= 15 is 0 Å². The Morgan fingerprint density at radius 1 is 1.38 bits per heavy atom. The number of hydrogen-bond donors (Lipinski definition) is 0. The van der Waals surface area contributed by atoms with Crippen LogP contribution in [0.5, 0.6) is 0 Å². The number of methoxy groups -OCH3 is 1. The van der Waals surface area contributed by atoms with Crippen molar-refractivity contribution in [3.8, 4) is 0 Å². The van der Waals surface area contributed by atoms with E-state index in [4.69, 9.17) is 4.74 Å². The lowest BCUT2D eigenvalue weighted by molar-refractivity contribution is -0.145. The largest absolute Gasteiger partial charge is 0.469 e. The second-order valence-corrected chi connectivity index (χ2v) is 4.11. The number of ether oxygens (including phenoxy) is 1. The predicted octanol–water partition coefficient (Wildman–Crippen LogP) is 1.93. The summed E-state index contributed by atoms with van der Waals surface area (Å²) in [6.45, 7) is 3.44. The standard InChI is InChI=1S/C13H19NO2/c1-11(13(15)16-3)9-14(2)10-12-7-5-4-6-8-12/h4-8,11H,9-10H2,1-3H3/t11-/m0/s1. The predicted molar refractivity (Wildman–Crippen MR) is 64.0 cm³/mol. The van der Waals surface area contributed by atoms with E-state index in [0.717, 1.165) is 6.54 Å². The maximum atomic E-state index is 11.3. The van der Waals surface area contributed by atoms with Crippen LogP contribution >= 0.6 is 0 Å². The van der Waals surface area contributed by atoms with Crippen LogP contribution in [-0.2, 0) is 16.1 Å². The molecule has 0 fully saturated rings. The van der Waals surface area contributed by atoms with Crippen molar-refractivity contribution in [2.45, 2.75) is 13.5 Å². The molecule has 0 saturated carbocycles. The number of carbonyl (C=O) groups is 1. The Balaban J connectivity index is 2.42. The van der Waals surface area contributed by atoms with Gasteiger partial charge < -0.3 is 9.64 Å². The van der Waals surface area contributed by atoms with Crippen LogP contribution < -0.4 is 0 Å². The minimum Gasteiger partial charge on any atom is -0.469 e. The normalized spacial score (nSPS) is 12.5. The van der Waals surface area contributed by atoms with Crippen LogP contribution in [0.4, 0.5) is 0 Å². The third kappa shape index (κ3) is 4.03. The maximum Gasteiger partial charge on any atom is 0.309 e. The van der Waals surface area contributed by atoms with Gasteiger partial charge in [-0.1, -0.05) is 37.3 Å². The summed E-state index contributed by atoms with van der Waals surface area (Å²) in [7, 11) is 3.43. The Morgan fingerprint density at radius 3 is 2.56 bits per heavy atom. The summed E-state index contributed by atoms with van der Waals surface area (Å²) in [6.07, 6.45) is 0. The van der Waals surface area contributed by atoms with E-state index in [-0.39, 0.29) is 11.9 Å².